The minimum atomic E-state index is -3.50. The second-order valence-electron chi connectivity index (χ2n) is 7.43. The Hall–Kier alpha value is -1.90. The van der Waals surface area contributed by atoms with Crippen LogP contribution in [0, 0.1) is 5.82 Å². The van der Waals surface area contributed by atoms with E-state index in [0.717, 1.165) is 51.1 Å². The maximum atomic E-state index is 13.1. The van der Waals surface area contributed by atoms with Crippen LogP contribution in [0.2, 0.25) is 0 Å². The van der Waals surface area contributed by atoms with Crippen molar-refractivity contribution in [2.75, 3.05) is 44.2 Å². The molecular weight excluding hydrogens is 381 g/mol. The van der Waals surface area contributed by atoms with Gasteiger partial charge < -0.3 is 9.32 Å². The fourth-order valence-electron chi connectivity index (χ4n) is 3.90. The molecule has 0 unspecified atom stereocenters. The second kappa shape index (κ2) is 8.23. The summed E-state index contributed by atoms with van der Waals surface area (Å²) in [5.41, 5.74) is 1.03. The molecule has 8 heteroatoms. The molecule has 0 saturated carbocycles. The highest BCUT2D eigenvalue weighted by Crippen LogP contribution is 2.24. The number of hydrogen-bond acceptors (Lipinski definition) is 5. The van der Waals surface area contributed by atoms with Crippen molar-refractivity contribution in [3.05, 3.63) is 48.0 Å². The number of halogens is 1. The summed E-state index contributed by atoms with van der Waals surface area (Å²) in [5, 5.41) is 0.0483. The third-order valence-electron chi connectivity index (χ3n) is 5.46. The number of furan rings is 1. The van der Waals surface area contributed by atoms with E-state index in [-0.39, 0.29) is 10.9 Å². The zero-order valence-corrected chi connectivity index (χ0v) is 16.7. The van der Waals surface area contributed by atoms with E-state index in [0.29, 0.717) is 25.4 Å². The SMILES string of the molecule is O=S(=O)(c1ccc(CN2CCCN(c3ccc(F)cc3)CC2)o1)N1CCCC1. The lowest BCUT2D eigenvalue weighted by atomic mass is 10.2. The van der Waals surface area contributed by atoms with E-state index < -0.39 is 10.0 Å². The number of sulfonamides is 1. The molecule has 28 heavy (non-hydrogen) atoms. The smallest absolute Gasteiger partial charge is 0.276 e. The molecule has 0 radical (unpaired) electrons. The van der Waals surface area contributed by atoms with Crippen molar-refractivity contribution in [2.45, 2.75) is 30.9 Å². The van der Waals surface area contributed by atoms with Gasteiger partial charge in [-0.2, -0.15) is 4.31 Å². The summed E-state index contributed by atoms with van der Waals surface area (Å²) in [4.78, 5) is 4.53. The first-order chi connectivity index (χ1) is 13.5. The third kappa shape index (κ3) is 4.24. The van der Waals surface area contributed by atoms with Crippen molar-refractivity contribution >= 4 is 15.7 Å². The normalized spacial score (nSPS) is 19.8. The molecular formula is C20H26FN3O3S. The fraction of sp³-hybridized carbons (Fsp3) is 0.500. The molecule has 2 fully saturated rings. The van der Waals surface area contributed by atoms with Crippen molar-refractivity contribution in [1.82, 2.24) is 9.21 Å². The quantitative estimate of drug-likeness (QED) is 0.763. The molecule has 6 nitrogen and oxygen atoms in total. The van der Waals surface area contributed by atoms with Gasteiger partial charge in [-0.05, 0) is 55.7 Å². The molecule has 3 heterocycles. The Balaban J connectivity index is 1.37. The molecule has 0 atom stereocenters. The van der Waals surface area contributed by atoms with E-state index in [1.807, 2.05) is 12.1 Å². The van der Waals surface area contributed by atoms with Crippen molar-refractivity contribution < 1.29 is 17.2 Å². The van der Waals surface area contributed by atoms with Gasteiger partial charge in [0.25, 0.3) is 10.0 Å². The molecule has 0 bridgehead atoms. The van der Waals surface area contributed by atoms with Gasteiger partial charge in [-0.25, -0.2) is 12.8 Å². The van der Waals surface area contributed by atoms with Crippen LogP contribution in [-0.2, 0) is 16.6 Å². The number of hydrogen-bond donors (Lipinski definition) is 0. The Morgan fingerprint density at radius 2 is 1.61 bits per heavy atom. The van der Waals surface area contributed by atoms with Crippen LogP contribution in [-0.4, -0.2) is 56.9 Å². The van der Waals surface area contributed by atoms with E-state index in [4.69, 9.17) is 4.42 Å². The topological polar surface area (TPSA) is 57.0 Å². The average molecular weight is 408 g/mol. The third-order valence-corrected chi connectivity index (χ3v) is 7.23. The molecule has 0 N–H and O–H groups in total. The number of nitrogens with zero attached hydrogens (tertiary/aromatic N) is 3. The van der Waals surface area contributed by atoms with Crippen LogP contribution < -0.4 is 4.90 Å². The number of rotatable bonds is 5. The maximum absolute atomic E-state index is 13.1. The monoisotopic (exact) mass is 407 g/mol. The van der Waals surface area contributed by atoms with Gasteiger partial charge in [-0.3, -0.25) is 4.90 Å². The predicted octanol–water partition coefficient (Wildman–Crippen LogP) is 2.92. The van der Waals surface area contributed by atoms with Gasteiger partial charge >= 0.3 is 0 Å². The van der Waals surface area contributed by atoms with Crippen LogP contribution in [0.5, 0.6) is 0 Å². The van der Waals surface area contributed by atoms with Gasteiger partial charge in [0, 0.05) is 45.0 Å². The summed E-state index contributed by atoms with van der Waals surface area (Å²) in [5.74, 6) is 0.450. The molecule has 2 aliphatic heterocycles. The van der Waals surface area contributed by atoms with E-state index in [2.05, 4.69) is 9.80 Å². The maximum Gasteiger partial charge on any atom is 0.276 e. The van der Waals surface area contributed by atoms with Gasteiger partial charge in [-0.1, -0.05) is 0 Å². The summed E-state index contributed by atoms with van der Waals surface area (Å²) in [7, 11) is -3.50. The Kier molecular flexibility index (Phi) is 5.70. The van der Waals surface area contributed by atoms with Crippen molar-refractivity contribution in [3.8, 4) is 0 Å². The lowest BCUT2D eigenvalue weighted by Crippen LogP contribution is -2.30. The van der Waals surface area contributed by atoms with Crippen LogP contribution in [0.3, 0.4) is 0 Å². The molecule has 2 saturated heterocycles. The first-order valence-electron chi connectivity index (χ1n) is 9.84. The lowest BCUT2D eigenvalue weighted by molar-refractivity contribution is 0.250. The summed E-state index contributed by atoms with van der Waals surface area (Å²) in [6, 6.07) is 9.95. The van der Waals surface area contributed by atoms with Crippen molar-refractivity contribution in [2.24, 2.45) is 0 Å². The van der Waals surface area contributed by atoms with Gasteiger partial charge in [0.1, 0.15) is 11.6 Å². The zero-order valence-electron chi connectivity index (χ0n) is 15.9. The molecule has 0 aliphatic carbocycles. The highest BCUT2D eigenvalue weighted by molar-refractivity contribution is 7.89. The number of anilines is 1. The van der Waals surface area contributed by atoms with E-state index in [1.165, 1.54) is 16.4 Å². The average Bonchev–Trinajstić information content (AvgIpc) is 3.33. The second-order valence-corrected chi connectivity index (χ2v) is 9.29. The molecule has 0 spiro atoms. The Morgan fingerprint density at radius 3 is 2.36 bits per heavy atom. The summed E-state index contributed by atoms with van der Waals surface area (Å²) in [6.07, 6.45) is 2.80. The molecule has 1 aromatic heterocycles. The predicted molar refractivity (Wildman–Crippen MR) is 105 cm³/mol. The van der Waals surface area contributed by atoms with Crippen molar-refractivity contribution in [3.63, 3.8) is 0 Å². The summed E-state index contributed by atoms with van der Waals surface area (Å²) >= 11 is 0. The van der Waals surface area contributed by atoms with Crippen LogP contribution in [0.25, 0.3) is 0 Å². The Labute approximate surface area is 165 Å². The number of benzene rings is 1. The van der Waals surface area contributed by atoms with Crippen LogP contribution in [0.15, 0.2) is 45.9 Å². The Bertz CT molecular complexity index is 892. The van der Waals surface area contributed by atoms with Crippen molar-refractivity contribution in [1.29, 1.82) is 0 Å². The standard InChI is InChI=1S/C20H26FN3O3S/c21-17-4-6-18(7-5-17)23-11-3-10-22(14-15-23)16-19-8-9-20(27-19)28(25,26)24-12-1-2-13-24/h4-9H,1-3,10-16H2. The Morgan fingerprint density at radius 1 is 0.857 bits per heavy atom. The van der Waals surface area contributed by atoms with Gasteiger partial charge in [0.05, 0.1) is 6.54 Å². The molecule has 152 valence electrons. The minimum Gasteiger partial charge on any atom is -0.447 e. The van der Waals surface area contributed by atoms with Gasteiger partial charge in [0.2, 0.25) is 5.09 Å². The minimum absolute atomic E-state index is 0.0483. The van der Waals surface area contributed by atoms with E-state index >= 15 is 0 Å². The molecule has 0 amide bonds. The molecule has 1 aromatic carbocycles. The summed E-state index contributed by atoms with van der Waals surface area (Å²) in [6.45, 7) is 5.24. The zero-order chi connectivity index (χ0) is 19.6. The first kappa shape index (κ1) is 19.4. The molecule has 2 aromatic rings. The fourth-order valence-corrected chi connectivity index (χ4v) is 5.34. The van der Waals surface area contributed by atoms with Crippen LogP contribution in [0.4, 0.5) is 10.1 Å². The first-order valence-corrected chi connectivity index (χ1v) is 11.3. The highest BCUT2D eigenvalue weighted by Gasteiger charge is 2.30. The summed E-state index contributed by atoms with van der Waals surface area (Å²) < 4.78 is 45.6. The largest absolute Gasteiger partial charge is 0.447 e. The van der Waals surface area contributed by atoms with Crippen LogP contribution in [0.1, 0.15) is 25.0 Å². The van der Waals surface area contributed by atoms with Crippen LogP contribution >= 0.6 is 0 Å². The molecule has 2 aliphatic rings. The van der Waals surface area contributed by atoms with Gasteiger partial charge in [0.15, 0.2) is 0 Å². The lowest BCUT2D eigenvalue weighted by Gasteiger charge is -2.23. The van der Waals surface area contributed by atoms with E-state index in [1.54, 1.807) is 12.1 Å². The van der Waals surface area contributed by atoms with E-state index in [9.17, 15) is 12.8 Å². The van der Waals surface area contributed by atoms with Gasteiger partial charge in [-0.15, -0.1) is 0 Å². The highest BCUT2D eigenvalue weighted by atomic mass is 32.2. The molecule has 4 rings (SSSR count).